The van der Waals surface area contributed by atoms with E-state index in [9.17, 15) is 4.79 Å². The number of aryl methyl sites for hydroxylation is 1. The van der Waals surface area contributed by atoms with E-state index in [1.807, 2.05) is 28.8 Å². The molecule has 0 aliphatic carbocycles. The molecule has 4 nitrogen and oxygen atoms in total. The van der Waals surface area contributed by atoms with Gasteiger partial charge < -0.3 is 4.57 Å². The van der Waals surface area contributed by atoms with E-state index in [1.54, 1.807) is 18.2 Å². The van der Waals surface area contributed by atoms with Crippen molar-refractivity contribution in [1.82, 2.24) is 9.13 Å². The fourth-order valence-electron chi connectivity index (χ4n) is 2.81. The lowest BCUT2D eigenvalue weighted by Crippen LogP contribution is -2.40. The van der Waals surface area contributed by atoms with Crippen LogP contribution in [0.25, 0.3) is 10.9 Å². The van der Waals surface area contributed by atoms with Crippen molar-refractivity contribution in [1.29, 1.82) is 5.41 Å². The molecule has 1 N–H and O–H groups in total. The fraction of sp³-hybridized carbons (Fsp3) is 0.222. The summed E-state index contributed by atoms with van der Waals surface area (Å²) in [4.78, 5) is 12.8. The van der Waals surface area contributed by atoms with Gasteiger partial charge in [0.25, 0.3) is 5.56 Å². The van der Waals surface area contributed by atoms with E-state index in [0.717, 1.165) is 17.5 Å². The minimum Gasteiger partial charge on any atom is -0.312 e. The molecule has 0 radical (unpaired) electrons. The summed E-state index contributed by atoms with van der Waals surface area (Å²) in [5.74, 6) is 0. The molecule has 2 aromatic carbocycles. The van der Waals surface area contributed by atoms with Crippen LogP contribution in [-0.4, -0.2) is 9.13 Å². The number of halogens is 2. The first kappa shape index (κ1) is 16.8. The molecule has 0 saturated heterocycles. The third kappa shape index (κ3) is 2.99. The number of nitrogens with one attached hydrogen (secondary N) is 1. The summed E-state index contributed by atoms with van der Waals surface area (Å²) in [6.07, 6.45) is 0.880. The molecular weight excluding hydrogens is 345 g/mol. The van der Waals surface area contributed by atoms with Gasteiger partial charge in [0.05, 0.1) is 27.5 Å². The molecule has 24 heavy (non-hydrogen) atoms. The van der Waals surface area contributed by atoms with Crippen LogP contribution in [0.2, 0.25) is 10.0 Å². The Labute approximate surface area is 149 Å². The quantitative estimate of drug-likeness (QED) is 0.748. The maximum atomic E-state index is 12.8. The number of hydrogen-bond donors (Lipinski definition) is 1. The second kappa shape index (κ2) is 6.83. The Balaban J connectivity index is 2.22. The molecule has 6 heteroatoms. The van der Waals surface area contributed by atoms with Gasteiger partial charge in [0.1, 0.15) is 0 Å². The standard InChI is InChI=1S/C18H17Cl2N3O/c1-2-9-22-16-6-4-3-5-13(16)17(24)23(18(22)21)11-12-7-8-14(19)15(20)10-12/h3-8,10,21H,2,9,11H2,1H3. The second-order valence-electron chi connectivity index (χ2n) is 5.63. The molecule has 0 amide bonds. The molecule has 0 fully saturated rings. The van der Waals surface area contributed by atoms with Crippen LogP contribution in [0.1, 0.15) is 18.9 Å². The average Bonchev–Trinajstić information content (AvgIpc) is 2.58. The van der Waals surface area contributed by atoms with Crippen molar-refractivity contribution in [2.75, 3.05) is 0 Å². The number of benzene rings is 2. The molecule has 0 aliphatic rings. The Morgan fingerprint density at radius 2 is 1.79 bits per heavy atom. The lowest BCUT2D eigenvalue weighted by Gasteiger charge is -2.15. The number of aromatic nitrogens is 2. The maximum absolute atomic E-state index is 12.8. The molecule has 1 aromatic heterocycles. The van der Waals surface area contributed by atoms with Crippen LogP contribution in [0.3, 0.4) is 0 Å². The predicted molar refractivity (Wildman–Crippen MR) is 97.9 cm³/mol. The van der Waals surface area contributed by atoms with E-state index in [1.165, 1.54) is 4.57 Å². The molecule has 0 aliphatic heterocycles. The van der Waals surface area contributed by atoms with Gasteiger partial charge in [-0.15, -0.1) is 0 Å². The molecular formula is C18H17Cl2N3O. The zero-order valence-corrected chi connectivity index (χ0v) is 14.7. The van der Waals surface area contributed by atoms with Crippen LogP contribution in [0, 0.1) is 5.41 Å². The average molecular weight is 362 g/mol. The predicted octanol–water partition coefficient (Wildman–Crippen LogP) is 4.05. The molecule has 1 heterocycles. The van der Waals surface area contributed by atoms with Gasteiger partial charge >= 0.3 is 0 Å². The summed E-state index contributed by atoms with van der Waals surface area (Å²) in [5, 5.41) is 10.0. The van der Waals surface area contributed by atoms with Crippen LogP contribution in [0.15, 0.2) is 47.3 Å². The van der Waals surface area contributed by atoms with E-state index < -0.39 is 0 Å². The van der Waals surface area contributed by atoms with Gasteiger partial charge in [0.15, 0.2) is 0 Å². The van der Waals surface area contributed by atoms with Crippen molar-refractivity contribution >= 4 is 34.1 Å². The summed E-state index contributed by atoms with van der Waals surface area (Å²) in [5.41, 5.74) is 1.64. The molecule has 3 aromatic rings. The number of nitrogens with zero attached hydrogens (tertiary/aromatic N) is 2. The Kier molecular flexibility index (Phi) is 4.78. The van der Waals surface area contributed by atoms with E-state index >= 15 is 0 Å². The van der Waals surface area contributed by atoms with Crippen molar-refractivity contribution in [2.45, 2.75) is 26.4 Å². The molecule has 0 atom stereocenters. The number of fused-ring (bicyclic) bond motifs is 1. The summed E-state index contributed by atoms with van der Waals surface area (Å²) in [6.45, 7) is 3.01. The highest BCUT2D eigenvalue weighted by Crippen LogP contribution is 2.22. The van der Waals surface area contributed by atoms with Crippen molar-refractivity contribution in [3.63, 3.8) is 0 Å². The van der Waals surface area contributed by atoms with Gasteiger partial charge in [-0.2, -0.15) is 0 Å². The van der Waals surface area contributed by atoms with Gasteiger partial charge in [-0.1, -0.05) is 48.3 Å². The Hall–Kier alpha value is -2.04. The molecule has 0 bridgehead atoms. The van der Waals surface area contributed by atoms with Crippen LogP contribution in [0.4, 0.5) is 0 Å². The first-order valence-corrected chi connectivity index (χ1v) is 8.49. The summed E-state index contributed by atoms with van der Waals surface area (Å²) in [6, 6.07) is 12.7. The van der Waals surface area contributed by atoms with E-state index in [-0.39, 0.29) is 17.7 Å². The van der Waals surface area contributed by atoms with Crippen LogP contribution < -0.4 is 11.2 Å². The number of para-hydroxylation sites is 1. The lowest BCUT2D eigenvalue weighted by molar-refractivity contribution is 0.567. The van der Waals surface area contributed by atoms with E-state index in [4.69, 9.17) is 28.6 Å². The highest BCUT2D eigenvalue weighted by molar-refractivity contribution is 6.42. The molecule has 3 rings (SSSR count). The van der Waals surface area contributed by atoms with Crippen molar-refractivity contribution in [3.05, 3.63) is 74.0 Å². The normalized spacial score (nSPS) is 11.1. The third-order valence-electron chi connectivity index (χ3n) is 3.95. The smallest absolute Gasteiger partial charge is 0.263 e. The number of rotatable bonds is 4. The Bertz CT molecular complexity index is 1020. The monoisotopic (exact) mass is 361 g/mol. The zero-order chi connectivity index (χ0) is 17.3. The highest BCUT2D eigenvalue weighted by atomic mass is 35.5. The van der Waals surface area contributed by atoms with Crippen molar-refractivity contribution < 1.29 is 0 Å². The van der Waals surface area contributed by atoms with E-state index in [2.05, 4.69) is 6.92 Å². The van der Waals surface area contributed by atoms with Crippen LogP contribution >= 0.6 is 23.2 Å². The number of hydrogen-bond acceptors (Lipinski definition) is 2. The second-order valence-corrected chi connectivity index (χ2v) is 6.45. The zero-order valence-electron chi connectivity index (χ0n) is 13.2. The Morgan fingerprint density at radius 1 is 1.04 bits per heavy atom. The first-order chi connectivity index (χ1) is 11.5. The van der Waals surface area contributed by atoms with Gasteiger partial charge in [-0.05, 0) is 36.2 Å². The maximum Gasteiger partial charge on any atom is 0.263 e. The largest absolute Gasteiger partial charge is 0.312 e. The van der Waals surface area contributed by atoms with Crippen LogP contribution in [-0.2, 0) is 13.1 Å². The van der Waals surface area contributed by atoms with Crippen molar-refractivity contribution in [3.8, 4) is 0 Å². The first-order valence-electron chi connectivity index (χ1n) is 7.74. The minimum atomic E-state index is -0.172. The summed E-state index contributed by atoms with van der Waals surface area (Å²) in [7, 11) is 0. The highest BCUT2D eigenvalue weighted by Gasteiger charge is 2.11. The molecule has 0 saturated carbocycles. The van der Waals surface area contributed by atoms with Crippen LogP contribution in [0.5, 0.6) is 0 Å². The molecule has 0 spiro atoms. The fourth-order valence-corrected chi connectivity index (χ4v) is 3.13. The Morgan fingerprint density at radius 3 is 2.50 bits per heavy atom. The lowest BCUT2D eigenvalue weighted by atomic mass is 10.2. The molecule has 124 valence electrons. The minimum absolute atomic E-state index is 0.172. The topological polar surface area (TPSA) is 50.8 Å². The SMILES string of the molecule is CCCn1c(=N)n(Cc2ccc(Cl)c(Cl)c2)c(=O)c2ccccc21. The van der Waals surface area contributed by atoms with Gasteiger partial charge in [0, 0.05) is 6.54 Å². The van der Waals surface area contributed by atoms with Gasteiger partial charge in [-0.25, -0.2) is 0 Å². The van der Waals surface area contributed by atoms with Crippen molar-refractivity contribution in [2.24, 2.45) is 0 Å². The molecule has 0 unspecified atom stereocenters. The van der Waals surface area contributed by atoms with E-state index in [0.29, 0.717) is 22.0 Å². The third-order valence-corrected chi connectivity index (χ3v) is 4.69. The van der Waals surface area contributed by atoms with Gasteiger partial charge in [-0.3, -0.25) is 14.8 Å². The summed E-state index contributed by atoms with van der Waals surface area (Å²) < 4.78 is 3.34. The summed E-state index contributed by atoms with van der Waals surface area (Å²) >= 11 is 12.0. The van der Waals surface area contributed by atoms with Gasteiger partial charge in [0.2, 0.25) is 5.62 Å².